The zero-order chi connectivity index (χ0) is 15.4. The van der Waals surface area contributed by atoms with Crippen LogP contribution in [-0.4, -0.2) is 47.1 Å². The molecule has 0 bridgehead atoms. The van der Waals surface area contributed by atoms with E-state index in [-0.39, 0.29) is 5.56 Å². The van der Waals surface area contributed by atoms with Gasteiger partial charge < -0.3 is 19.7 Å². The van der Waals surface area contributed by atoms with Crippen LogP contribution >= 0.6 is 0 Å². The summed E-state index contributed by atoms with van der Waals surface area (Å²) in [6.07, 6.45) is 1.11. The Kier molecular flexibility index (Phi) is 4.80. The summed E-state index contributed by atoms with van der Waals surface area (Å²) in [5.41, 5.74) is 1.33. The van der Waals surface area contributed by atoms with Gasteiger partial charge in [0, 0.05) is 19.1 Å². The molecule has 0 spiro atoms. The number of hydrogen-bond donors (Lipinski definition) is 2. The number of fused-ring (bicyclic) bond motifs is 1. The van der Waals surface area contributed by atoms with Gasteiger partial charge in [0.25, 0.3) is 6.01 Å². The first-order valence-electron chi connectivity index (χ1n) is 7.09. The molecule has 21 heavy (non-hydrogen) atoms. The highest BCUT2D eigenvalue weighted by Crippen LogP contribution is 2.20. The summed E-state index contributed by atoms with van der Waals surface area (Å²) >= 11 is 0. The zero-order valence-electron chi connectivity index (χ0n) is 12.6. The number of benzene rings is 1. The molecular weight excluding hydrogens is 270 g/mol. The van der Waals surface area contributed by atoms with E-state index >= 15 is 0 Å². The van der Waals surface area contributed by atoms with Crippen LogP contribution in [0.2, 0.25) is 0 Å². The lowest BCUT2D eigenvalue weighted by Gasteiger charge is -2.23. The van der Waals surface area contributed by atoms with E-state index in [9.17, 15) is 4.79 Å². The second-order valence-electron chi connectivity index (χ2n) is 5.17. The predicted molar refractivity (Wildman–Crippen MR) is 81.8 cm³/mol. The number of aromatic nitrogens is 1. The molecule has 0 fully saturated rings. The van der Waals surface area contributed by atoms with Gasteiger partial charge in [-0.2, -0.15) is 4.98 Å². The molecule has 0 aliphatic heterocycles. The van der Waals surface area contributed by atoms with E-state index in [2.05, 4.69) is 36.1 Å². The molecular formula is C15H21N3O3. The molecule has 1 atom stereocenters. The summed E-state index contributed by atoms with van der Waals surface area (Å²) in [7, 11) is 2.08. The number of hydrogen-bond acceptors (Lipinski definition) is 5. The van der Waals surface area contributed by atoms with Crippen molar-refractivity contribution in [3.8, 4) is 0 Å². The summed E-state index contributed by atoms with van der Waals surface area (Å²) in [5, 5.41) is 12.1. The Morgan fingerprint density at radius 3 is 2.95 bits per heavy atom. The van der Waals surface area contributed by atoms with Gasteiger partial charge in [-0.15, -0.1) is 0 Å². The van der Waals surface area contributed by atoms with Gasteiger partial charge in [0.15, 0.2) is 5.58 Å². The number of likely N-dealkylation sites (N-methyl/N-ethyl adjacent to an activating group) is 1. The first-order valence-corrected chi connectivity index (χ1v) is 7.09. The quantitative estimate of drug-likeness (QED) is 0.816. The van der Waals surface area contributed by atoms with Gasteiger partial charge in [-0.25, -0.2) is 4.79 Å². The molecule has 2 rings (SSSR count). The lowest BCUT2D eigenvalue weighted by Crippen LogP contribution is -2.32. The molecule has 2 N–H and O–H groups in total. The molecule has 2 aromatic rings. The largest absolute Gasteiger partial charge is 0.478 e. The minimum Gasteiger partial charge on any atom is -0.478 e. The van der Waals surface area contributed by atoms with E-state index < -0.39 is 5.97 Å². The van der Waals surface area contributed by atoms with Gasteiger partial charge in [-0.05, 0) is 38.6 Å². The van der Waals surface area contributed by atoms with E-state index in [0.717, 1.165) is 19.5 Å². The van der Waals surface area contributed by atoms with Crippen molar-refractivity contribution in [1.29, 1.82) is 0 Å². The molecule has 6 heteroatoms. The molecule has 1 heterocycles. The number of rotatable bonds is 7. The fraction of sp³-hybridized carbons (Fsp3) is 0.467. The number of oxazole rings is 1. The Balaban J connectivity index is 1.98. The number of nitrogens with one attached hydrogen (secondary N) is 1. The fourth-order valence-electron chi connectivity index (χ4n) is 2.00. The maximum atomic E-state index is 10.9. The van der Waals surface area contributed by atoms with Crippen molar-refractivity contribution in [2.24, 2.45) is 0 Å². The summed E-state index contributed by atoms with van der Waals surface area (Å²) in [5.74, 6) is -0.974. The molecule has 1 unspecified atom stereocenters. The highest BCUT2D eigenvalue weighted by molar-refractivity contribution is 5.92. The summed E-state index contributed by atoms with van der Waals surface area (Å²) < 4.78 is 5.52. The molecule has 0 saturated carbocycles. The van der Waals surface area contributed by atoms with Gasteiger partial charge in [0.2, 0.25) is 0 Å². The summed E-state index contributed by atoms with van der Waals surface area (Å²) in [6, 6.07) is 5.62. The van der Waals surface area contributed by atoms with Crippen molar-refractivity contribution in [1.82, 2.24) is 9.88 Å². The maximum Gasteiger partial charge on any atom is 0.335 e. The average Bonchev–Trinajstić information content (AvgIpc) is 2.87. The van der Waals surface area contributed by atoms with Crippen LogP contribution < -0.4 is 5.32 Å². The van der Waals surface area contributed by atoms with E-state index in [1.807, 2.05) is 0 Å². The van der Waals surface area contributed by atoms with Gasteiger partial charge in [-0.3, -0.25) is 0 Å². The van der Waals surface area contributed by atoms with Crippen LogP contribution in [-0.2, 0) is 0 Å². The highest BCUT2D eigenvalue weighted by Gasteiger charge is 2.10. The van der Waals surface area contributed by atoms with Crippen LogP contribution in [0.4, 0.5) is 6.01 Å². The van der Waals surface area contributed by atoms with Crippen LogP contribution in [0.1, 0.15) is 30.6 Å². The van der Waals surface area contributed by atoms with Crippen molar-refractivity contribution in [2.75, 3.05) is 25.5 Å². The third-order valence-corrected chi connectivity index (χ3v) is 3.72. The molecule has 0 aliphatic carbocycles. The van der Waals surface area contributed by atoms with Gasteiger partial charge in [-0.1, -0.05) is 6.92 Å². The van der Waals surface area contributed by atoms with E-state index in [1.165, 1.54) is 12.1 Å². The second kappa shape index (κ2) is 6.58. The molecule has 0 saturated heterocycles. The van der Waals surface area contributed by atoms with Crippen LogP contribution in [0.25, 0.3) is 11.1 Å². The van der Waals surface area contributed by atoms with Crippen molar-refractivity contribution in [2.45, 2.75) is 26.3 Å². The second-order valence-corrected chi connectivity index (χ2v) is 5.17. The van der Waals surface area contributed by atoms with Gasteiger partial charge >= 0.3 is 5.97 Å². The van der Waals surface area contributed by atoms with Crippen LogP contribution in [0.3, 0.4) is 0 Å². The minimum absolute atomic E-state index is 0.196. The first-order chi connectivity index (χ1) is 10.0. The summed E-state index contributed by atoms with van der Waals surface area (Å²) in [4.78, 5) is 17.5. The lowest BCUT2D eigenvalue weighted by molar-refractivity contribution is 0.0697. The molecule has 1 aromatic heterocycles. The number of carboxylic acid groups (broad SMARTS) is 1. The zero-order valence-corrected chi connectivity index (χ0v) is 12.6. The number of carboxylic acids is 1. The SMILES string of the molecule is CCC(C)N(C)CCNc1nc2ccc(C(=O)O)cc2o1. The Morgan fingerprint density at radius 1 is 1.52 bits per heavy atom. The third-order valence-electron chi connectivity index (χ3n) is 3.72. The average molecular weight is 291 g/mol. The van der Waals surface area contributed by atoms with Crippen LogP contribution in [0.5, 0.6) is 0 Å². The molecule has 0 radical (unpaired) electrons. The van der Waals surface area contributed by atoms with Crippen molar-refractivity contribution in [3.63, 3.8) is 0 Å². The predicted octanol–water partition coefficient (Wildman–Crippen LogP) is 2.67. The van der Waals surface area contributed by atoms with E-state index in [4.69, 9.17) is 9.52 Å². The van der Waals surface area contributed by atoms with Crippen molar-refractivity contribution in [3.05, 3.63) is 23.8 Å². The van der Waals surface area contributed by atoms with Crippen LogP contribution in [0, 0.1) is 0 Å². The Hall–Kier alpha value is -2.08. The highest BCUT2D eigenvalue weighted by atomic mass is 16.4. The van der Waals surface area contributed by atoms with Crippen LogP contribution in [0.15, 0.2) is 22.6 Å². The van der Waals surface area contributed by atoms with Crippen molar-refractivity contribution >= 4 is 23.1 Å². The topological polar surface area (TPSA) is 78.6 Å². The number of anilines is 1. The number of carbonyl (C=O) groups is 1. The van der Waals surface area contributed by atoms with Gasteiger partial charge in [0.05, 0.1) is 5.56 Å². The standard InChI is InChI=1S/C15H21N3O3/c1-4-10(2)18(3)8-7-16-15-17-12-6-5-11(14(19)20)9-13(12)21-15/h5-6,9-10H,4,7-8H2,1-3H3,(H,16,17)(H,19,20). The van der Waals surface area contributed by atoms with E-state index in [1.54, 1.807) is 6.07 Å². The Labute approximate surface area is 123 Å². The normalized spacial score (nSPS) is 12.8. The first kappa shape index (κ1) is 15.3. The number of nitrogens with zero attached hydrogens (tertiary/aromatic N) is 2. The summed E-state index contributed by atoms with van der Waals surface area (Å²) in [6.45, 7) is 5.95. The monoisotopic (exact) mass is 291 g/mol. The maximum absolute atomic E-state index is 10.9. The lowest BCUT2D eigenvalue weighted by atomic mass is 10.2. The minimum atomic E-state index is -0.974. The fourth-order valence-corrected chi connectivity index (χ4v) is 2.00. The molecule has 1 aromatic carbocycles. The van der Waals surface area contributed by atoms with Gasteiger partial charge in [0.1, 0.15) is 5.52 Å². The number of aromatic carboxylic acids is 1. The third kappa shape index (κ3) is 3.72. The molecule has 0 aliphatic rings. The van der Waals surface area contributed by atoms with E-state index in [0.29, 0.717) is 23.2 Å². The molecule has 6 nitrogen and oxygen atoms in total. The molecule has 0 amide bonds. The Morgan fingerprint density at radius 2 is 2.29 bits per heavy atom. The Bertz CT molecular complexity index is 624. The van der Waals surface area contributed by atoms with Crippen molar-refractivity contribution < 1.29 is 14.3 Å². The smallest absolute Gasteiger partial charge is 0.335 e. The molecule has 114 valence electrons.